The Labute approximate surface area is 101 Å². The first-order valence-electron chi connectivity index (χ1n) is 7.07. The molecule has 1 atom stereocenters. The molecule has 2 nitrogen and oxygen atoms in total. The van der Waals surface area contributed by atoms with Crippen LogP contribution in [0, 0.1) is 5.41 Å². The summed E-state index contributed by atoms with van der Waals surface area (Å²) in [5.74, 6) is 0. The van der Waals surface area contributed by atoms with Gasteiger partial charge in [0.25, 0.3) is 0 Å². The third kappa shape index (κ3) is 2.98. The molecule has 2 fully saturated rings. The minimum Gasteiger partial charge on any atom is -0.301 e. The molecule has 0 N–H and O–H groups in total. The van der Waals surface area contributed by atoms with Crippen molar-refractivity contribution in [2.75, 3.05) is 32.7 Å². The minimum absolute atomic E-state index is 0.494. The van der Waals surface area contributed by atoms with Gasteiger partial charge in [-0.15, -0.1) is 0 Å². The average Bonchev–Trinajstić information content (AvgIpc) is 2.58. The topological polar surface area (TPSA) is 6.48 Å². The van der Waals surface area contributed by atoms with Crippen molar-refractivity contribution in [1.29, 1.82) is 0 Å². The SMILES string of the molecule is CCC(C)(C)CN1CCCN2CCCC2C1. The van der Waals surface area contributed by atoms with Gasteiger partial charge in [-0.25, -0.2) is 0 Å². The number of hydrogen-bond acceptors (Lipinski definition) is 2. The Morgan fingerprint density at radius 3 is 2.62 bits per heavy atom. The van der Waals surface area contributed by atoms with Crippen LogP contribution in [-0.2, 0) is 0 Å². The van der Waals surface area contributed by atoms with E-state index in [0.29, 0.717) is 5.41 Å². The Morgan fingerprint density at radius 1 is 1.12 bits per heavy atom. The van der Waals surface area contributed by atoms with Crippen LogP contribution >= 0.6 is 0 Å². The molecule has 0 amide bonds. The molecule has 2 heteroatoms. The van der Waals surface area contributed by atoms with Gasteiger partial charge >= 0.3 is 0 Å². The molecule has 16 heavy (non-hydrogen) atoms. The summed E-state index contributed by atoms with van der Waals surface area (Å²) in [6.07, 6.45) is 5.52. The van der Waals surface area contributed by atoms with E-state index in [1.54, 1.807) is 0 Å². The fourth-order valence-electron chi connectivity index (χ4n) is 3.14. The van der Waals surface area contributed by atoms with E-state index in [-0.39, 0.29) is 0 Å². The molecule has 0 aliphatic carbocycles. The first-order chi connectivity index (χ1) is 7.61. The van der Waals surface area contributed by atoms with Crippen molar-refractivity contribution >= 4 is 0 Å². The van der Waals surface area contributed by atoms with Crippen molar-refractivity contribution in [2.45, 2.75) is 52.5 Å². The monoisotopic (exact) mass is 224 g/mol. The Balaban J connectivity index is 1.90. The highest BCUT2D eigenvalue weighted by molar-refractivity contribution is 4.86. The quantitative estimate of drug-likeness (QED) is 0.727. The molecular formula is C14H28N2. The summed E-state index contributed by atoms with van der Waals surface area (Å²) in [5, 5.41) is 0. The highest BCUT2D eigenvalue weighted by atomic mass is 15.3. The van der Waals surface area contributed by atoms with E-state index < -0.39 is 0 Å². The number of rotatable bonds is 3. The van der Waals surface area contributed by atoms with Crippen molar-refractivity contribution in [3.8, 4) is 0 Å². The van der Waals surface area contributed by atoms with Gasteiger partial charge in [-0.05, 0) is 50.7 Å². The second-order valence-electron chi connectivity index (χ2n) is 6.44. The summed E-state index contributed by atoms with van der Waals surface area (Å²) in [4.78, 5) is 5.44. The van der Waals surface area contributed by atoms with Gasteiger partial charge in [-0.3, -0.25) is 4.90 Å². The number of fused-ring (bicyclic) bond motifs is 1. The molecule has 2 saturated heterocycles. The normalized spacial score (nSPS) is 29.1. The van der Waals surface area contributed by atoms with Crippen molar-refractivity contribution in [3.05, 3.63) is 0 Å². The third-order valence-corrected chi connectivity index (χ3v) is 4.50. The van der Waals surface area contributed by atoms with Crippen LogP contribution < -0.4 is 0 Å². The van der Waals surface area contributed by atoms with E-state index in [0.717, 1.165) is 6.04 Å². The zero-order chi connectivity index (χ0) is 11.6. The molecule has 0 saturated carbocycles. The van der Waals surface area contributed by atoms with Crippen LogP contribution in [0.25, 0.3) is 0 Å². The van der Waals surface area contributed by atoms with E-state index in [9.17, 15) is 0 Å². The lowest BCUT2D eigenvalue weighted by molar-refractivity contribution is 0.158. The van der Waals surface area contributed by atoms with Crippen LogP contribution in [0.5, 0.6) is 0 Å². The minimum atomic E-state index is 0.494. The zero-order valence-electron chi connectivity index (χ0n) is 11.3. The second kappa shape index (κ2) is 5.05. The number of nitrogens with zero attached hydrogens (tertiary/aromatic N) is 2. The molecule has 2 aliphatic rings. The fourth-order valence-corrected chi connectivity index (χ4v) is 3.14. The molecular weight excluding hydrogens is 196 g/mol. The molecule has 2 rings (SSSR count). The standard InChI is InChI=1S/C14H28N2/c1-4-14(2,3)12-15-8-6-10-16-9-5-7-13(16)11-15/h13H,4-12H2,1-3H3. The van der Waals surface area contributed by atoms with Crippen LogP contribution in [-0.4, -0.2) is 48.6 Å². The average molecular weight is 224 g/mol. The maximum atomic E-state index is 2.72. The molecule has 0 bridgehead atoms. The molecule has 0 aromatic rings. The molecule has 2 heterocycles. The Morgan fingerprint density at radius 2 is 1.88 bits per heavy atom. The van der Waals surface area contributed by atoms with Gasteiger partial charge in [-0.2, -0.15) is 0 Å². The number of hydrogen-bond donors (Lipinski definition) is 0. The van der Waals surface area contributed by atoms with Crippen molar-refractivity contribution in [1.82, 2.24) is 9.80 Å². The van der Waals surface area contributed by atoms with Crippen LogP contribution in [0.3, 0.4) is 0 Å². The van der Waals surface area contributed by atoms with E-state index in [4.69, 9.17) is 0 Å². The molecule has 0 aromatic carbocycles. The Hall–Kier alpha value is -0.0800. The lowest BCUT2D eigenvalue weighted by Gasteiger charge is -2.32. The summed E-state index contributed by atoms with van der Waals surface area (Å²) in [6.45, 7) is 13.8. The Kier molecular flexibility index (Phi) is 3.91. The van der Waals surface area contributed by atoms with Gasteiger partial charge in [-0.1, -0.05) is 20.8 Å². The molecule has 0 radical (unpaired) electrons. The van der Waals surface area contributed by atoms with Gasteiger partial charge in [0.1, 0.15) is 0 Å². The van der Waals surface area contributed by atoms with Gasteiger partial charge in [0.15, 0.2) is 0 Å². The predicted molar refractivity (Wildman–Crippen MR) is 69.7 cm³/mol. The predicted octanol–water partition coefficient (Wildman–Crippen LogP) is 2.59. The van der Waals surface area contributed by atoms with Crippen LogP contribution in [0.2, 0.25) is 0 Å². The summed E-state index contributed by atoms with van der Waals surface area (Å²) in [7, 11) is 0. The van der Waals surface area contributed by atoms with Crippen molar-refractivity contribution in [2.24, 2.45) is 5.41 Å². The van der Waals surface area contributed by atoms with Crippen LogP contribution in [0.15, 0.2) is 0 Å². The summed E-state index contributed by atoms with van der Waals surface area (Å²) < 4.78 is 0. The largest absolute Gasteiger partial charge is 0.301 e. The molecule has 1 unspecified atom stereocenters. The van der Waals surface area contributed by atoms with E-state index >= 15 is 0 Å². The highest BCUT2D eigenvalue weighted by Crippen LogP contribution is 2.25. The lowest BCUT2D eigenvalue weighted by atomic mass is 9.89. The van der Waals surface area contributed by atoms with Crippen LogP contribution in [0.4, 0.5) is 0 Å². The summed E-state index contributed by atoms with van der Waals surface area (Å²) in [5.41, 5.74) is 0.494. The Bertz CT molecular complexity index is 225. The zero-order valence-corrected chi connectivity index (χ0v) is 11.3. The second-order valence-corrected chi connectivity index (χ2v) is 6.44. The van der Waals surface area contributed by atoms with Gasteiger partial charge < -0.3 is 4.90 Å². The molecule has 0 aromatic heterocycles. The van der Waals surface area contributed by atoms with Gasteiger partial charge in [0.2, 0.25) is 0 Å². The third-order valence-electron chi connectivity index (χ3n) is 4.50. The smallest absolute Gasteiger partial charge is 0.0223 e. The maximum absolute atomic E-state index is 2.72. The van der Waals surface area contributed by atoms with Gasteiger partial charge in [0.05, 0.1) is 0 Å². The van der Waals surface area contributed by atoms with Gasteiger partial charge in [0, 0.05) is 19.1 Å². The maximum Gasteiger partial charge on any atom is 0.0223 e. The van der Waals surface area contributed by atoms with Crippen molar-refractivity contribution in [3.63, 3.8) is 0 Å². The summed E-state index contributed by atoms with van der Waals surface area (Å²) in [6, 6.07) is 0.871. The first kappa shape index (κ1) is 12.4. The highest BCUT2D eigenvalue weighted by Gasteiger charge is 2.30. The first-order valence-corrected chi connectivity index (χ1v) is 7.07. The van der Waals surface area contributed by atoms with E-state index in [1.165, 1.54) is 58.4 Å². The molecule has 0 spiro atoms. The lowest BCUT2D eigenvalue weighted by Crippen LogP contribution is -2.40. The van der Waals surface area contributed by atoms with Crippen LogP contribution in [0.1, 0.15) is 46.5 Å². The van der Waals surface area contributed by atoms with E-state index in [1.807, 2.05) is 0 Å². The summed E-state index contributed by atoms with van der Waals surface area (Å²) >= 11 is 0. The van der Waals surface area contributed by atoms with E-state index in [2.05, 4.69) is 30.6 Å². The molecule has 2 aliphatic heterocycles. The molecule has 94 valence electrons. The van der Waals surface area contributed by atoms with Crippen molar-refractivity contribution < 1.29 is 0 Å². The fraction of sp³-hybridized carbons (Fsp3) is 1.00.